The van der Waals surface area contributed by atoms with E-state index in [2.05, 4.69) is 9.71 Å². The van der Waals surface area contributed by atoms with Crippen molar-refractivity contribution in [3.63, 3.8) is 0 Å². The maximum atomic E-state index is 12.6. The molecule has 0 spiro atoms. The van der Waals surface area contributed by atoms with Crippen molar-refractivity contribution in [3.8, 4) is 0 Å². The maximum absolute atomic E-state index is 12.6. The first-order valence-electron chi connectivity index (χ1n) is 9.15. The minimum Gasteiger partial charge on any atom is -0.455 e. The van der Waals surface area contributed by atoms with E-state index in [0.717, 1.165) is 35.9 Å². The van der Waals surface area contributed by atoms with E-state index >= 15 is 0 Å². The number of esters is 1. The number of fused-ring (bicyclic) bond motifs is 1. The highest BCUT2D eigenvalue weighted by molar-refractivity contribution is 7.89. The largest absolute Gasteiger partial charge is 0.455 e. The molecular formula is C20H20N2O4S2. The van der Waals surface area contributed by atoms with Crippen LogP contribution in [0.25, 0.3) is 10.2 Å². The van der Waals surface area contributed by atoms with Crippen molar-refractivity contribution in [1.82, 2.24) is 9.71 Å². The van der Waals surface area contributed by atoms with E-state index in [0.29, 0.717) is 5.01 Å². The summed E-state index contributed by atoms with van der Waals surface area (Å²) in [6.45, 7) is 0.0511. The van der Waals surface area contributed by atoms with E-state index in [1.165, 1.54) is 23.5 Å². The Bertz CT molecular complexity index is 1070. The molecule has 0 amide bonds. The zero-order valence-corrected chi connectivity index (χ0v) is 16.8. The first-order chi connectivity index (χ1) is 13.5. The Hall–Kier alpha value is -2.29. The first kappa shape index (κ1) is 19.0. The van der Waals surface area contributed by atoms with Gasteiger partial charge in [0, 0.05) is 6.04 Å². The lowest BCUT2D eigenvalue weighted by Crippen LogP contribution is -2.32. The Labute approximate surface area is 167 Å². The van der Waals surface area contributed by atoms with Crippen molar-refractivity contribution in [3.05, 3.63) is 59.1 Å². The van der Waals surface area contributed by atoms with E-state index in [-0.39, 0.29) is 23.1 Å². The summed E-state index contributed by atoms with van der Waals surface area (Å²) in [6, 6.07) is 13.6. The highest BCUT2D eigenvalue weighted by atomic mass is 32.2. The normalized spacial score (nSPS) is 15.1. The van der Waals surface area contributed by atoms with Crippen LogP contribution in [0, 0.1) is 0 Å². The van der Waals surface area contributed by atoms with Gasteiger partial charge in [-0.3, -0.25) is 0 Å². The summed E-state index contributed by atoms with van der Waals surface area (Å²) >= 11 is 1.47. The van der Waals surface area contributed by atoms with Crippen LogP contribution in [0.3, 0.4) is 0 Å². The van der Waals surface area contributed by atoms with Gasteiger partial charge >= 0.3 is 5.97 Å². The Morgan fingerprint density at radius 3 is 2.71 bits per heavy atom. The molecule has 28 heavy (non-hydrogen) atoms. The van der Waals surface area contributed by atoms with Crippen LogP contribution in [0.15, 0.2) is 53.4 Å². The van der Waals surface area contributed by atoms with E-state index in [9.17, 15) is 13.2 Å². The standard InChI is InChI=1S/C20H20N2O4S2/c23-20(26-13-19-21-17-10-3-4-11-18(17)27-19)14-6-5-9-16(12-14)28(24,25)22-15-7-1-2-8-15/h3-6,9-12,15,22H,1-2,7-8,13H2. The number of nitrogens with one attached hydrogen (secondary N) is 1. The molecule has 146 valence electrons. The number of hydrogen-bond donors (Lipinski definition) is 1. The van der Waals surface area contributed by atoms with Crippen LogP contribution in [0.4, 0.5) is 0 Å². The summed E-state index contributed by atoms with van der Waals surface area (Å²) in [4.78, 5) is 16.9. The molecule has 1 aliphatic rings. The molecule has 0 saturated heterocycles. The number of ether oxygens (including phenoxy) is 1. The Morgan fingerprint density at radius 1 is 1.14 bits per heavy atom. The number of hydrogen-bond acceptors (Lipinski definition) is 6. The summed E-state index contributed by atoms with van der Waals surface area (Å²) in [5.41, 5.74) is 1.07. The van der Waals surface area contributed by atoms with Crippen LogP contribution in [-0.4, -0.2) is 25.4 Å². The van der Waals surface area contributed by atoms with Crippen LogP contribution in [0.2, 0.25) is 0 Å². The molecule has 4 rings (SSSR count). The van der Waals surface area contributed by atoms with Gasteiger partial charge in [-0.2, -0.15) is 0 Å². The lowest BCUT2D eigenvalue weighted by atomic mass is 10.2. The molecule has 6 nitrogen and oxygen atoms in total. The number of para-hydroxylation sites is 1. The summed E-state index contributed by atoms with van der Waals surface area (Å²) in [5.74, 6) is -0.572. The number of carbonyl (C=O) groups excluding carboxylic acids is 1. The maximum Gasteiger partial charge on any atom is 0.338 e. The van der Waals surface area contributed by atoms with Gasteiger partial charge in [0.1, 0.15) is 11.6 Å². The SMILES string of the molecule is O=C(OCc1nc2ccccc2s1)c1cccc(S(=O)(=O)NC2CCCC2)c1. The molecule has 0 bridgehead atoms. The van der Waals surface area contributed by atoms with Crippen molar-refractivity contribution in [1.29, 1.82) is 0 Å². The molecule has 1 saturated carbocycles. The monoisotopic (exact) mass is 416 g/mol. The second-order valence-electron chi connectivity index (χ2n) is 6.78. The molecule has 1 aliphatic carbocycles. The topological polar surface area (TPSA) is 85.4 Å². The minimum absolute atomic E-state index is 0.0281. The van der Waals surface area contributed by atoms with E-state index < -0.39 is 16.0 Å². The number of aromatic nitrogens is 1. The first-order valence-corrected chi connectivity index (χ1v) is 11.5. The van der Waals surface area contributed by atoms with Crippen molar-refractivity contribution in [2.45, 2.75) is 43.2 Å². The smallest absolute Gasteiger partial charge is 0.338 e. The lowest BCUT2D eigenvalue weighted by molar-refractivity contribution is 0.0472. The highest BCUT2D eigenvalue weighted by Crippen LogP contribution is 2.23. The number of nitrogens with zero attached hydrogens (tertiary/aromatic N) is 1. The van der Waals surface area contributed by atoms with Crippen LogP contribution < -0.4 is 4.72 Å². The van der Waals surface area contributed by atoms with Crippen LogP contribution in [-0.2, 0) is 21.4 Å². The molecule has 3 aromatic rings. The molecule has 1 N–H and O–H groups in total. The predicted octanol–water partition coefficient (Wildman–Crippen LogP) is 3.87. The van der Waals surface area contributed by atoms with Gasteiger partial charge in [0.15, 0.2) is 0 Å². The third kappa shape index (κ3) is 4.24. The van der Waals surface area contributed by atoms with E-state index in [1.54, 1.807) is 12.1 Å². The molecule has 0 radical (unpaired) electrons. The molecule has 8 heteroatoms. The molecule has 1 aromatic heterocycles. The second kappa shape index (κ2) is 7.98. The van der Waals surface area contributed by atoms with E-state index in [4.69, 9.17) is 4.74 Å². The quantitative estimate of drug-likeness (QED) is 0.617. The van der Waals surface area contributed by atoms with Gasteiger partial charge in [0.25, 0.3) is 0 Å². The predicted molar refractivity (Wildman–Crippen MR) is 108 cm³/mol. The Balaban J connectivity index is 1.44. The molecular weight excluding hydrogens is 396 g/mol. The molecule has 1 fully saturated rings. The fourth-order valence-corrected chi connectivity index (χ4v) is 5.54. The Morgan fingerprint density at radius 2 is 1.93 bits per heavy atom. The number of benzene rings is 2. The van der Waals surface area contributed by atoms with Crippen LogP contribution in [0.1, 0.15) is 41.0 Å². The van der Waals surface area contributed by atoms with Gasteiger partial charge in [-0.1, -0.05) is 31.0 Å². The highest BCUT2D eigenvalue weighted by Gasteiger charge is 2.23. The number of sulfonamides is 1. The minimum atomic E-state index is -3.65. The number of rotatable bonds is 6. The average Bonchev–Trinajstić information content (AvgIpc) is 3.35. The van der Waals surface area contributed by atoms with Crippen LogP contribution >= 0.6 is 11.3 Å². The average molecular weight is 417 g/mol. The summed E-state index contributed by atoms with van der Waals surface area (Å²) < 4.78 is 34.2. The van der Waals surface area contributed by atoms with Crippen molar-refractivity contribution >= 4 is 37.5 Å². The van der Waals surface area contributed by atoms with Crippen LogP contribution in [0.5, 0.6) is 0 Å². The Kier molecular flexibility index (Phi) is 5.43. The summed E-state index contributed by atoms with van der Waals surface area (Å²) in [6.07, 6.45) is 3.77. The van der Waals surface area contributed by atoms with Crippen molar-refractivity contribution < 1.29 is 17.9 Å². The zero-order chi connectivity index (χ0) is 19.6. The fraction of sp³-hybridized carbons (Fsp3) is 0.300. The van der Waals surface area contributed by atoms with Gasteiger partial charge in [-0.15, -0.1) is 11.3 Å². The van der Waals surface area contributed by atoms with Crippen molar-refractivity contribution in [2.24, 2.45) is 0 Å². The number of carbonyl (C=O) groups is 1. The van der Waals surface area contributed by atoms with Gasteiger partial charge < -0.3 is 4.74 Å². The molecule has 0 unspecified atom stereocenters. The second-order valence-corrected chi connectivity index (χ2v) is 9.61. The van der Waals surface area contributed by atoms with Gasteiger partial charge in [-0.05, 0) is 43.2 Å². The molecule has 2 aromatic carbocycles. The fourth-order valence-electron chi connectivity index (χ4n) is 3.31. The third-order valence-corrected chi connectivity index (χ3v) is 7.25. The van der Waals surface area contributed by atoms with Gasteiger partial charge in [-0.25, -0.2) is 22.9 Å². The van der Waals surface area contributed by atoms with Gasteiger partial charge in [0.05, 0.1) is 20.7 Å². The zero-order valence-electron chi connectivity index (χ0n) is 15.1. The van der Waals surface area contributed by atoms with Gasteiger partial charge in [0.2, 0.25) is 10.0 Å². The van der Waals surface area contributed by atoms with E-state index in [1.807, 2.05) is 24.3 Å². The summed E-state index contributed by atoms with van der Waals surface area (Å²) in [5, 5.41) is 0.696. The molecule has 1 heterocycles. The lowest BCUT2D eigenvalue weighted by Gasteiger charge is -2.13. The number of thiazole rings is 1. The molecule has 0 aliphatic heterocycles. The third-order valence-electron chi connectivity index (χ3n) is 4.72. The molecule has 0 atom stereocenters. The summed E-state index contributed by atoms with van der Waals surface area (Å²) in [7, 11) is -3.65. The van der Waals surface area contributed by atoms with Crippen molar-refractivity contribution in [2.75, 3.05) is 0 Å².